The average molecular weight is 439 g/mol. The van der Waals surface area contributed by atoms with E-state index in [0.717, 1.165) is 40.7 Å². The molecular formula is C28H26N2O3. The summed E-state index contributed by atoms with van der Waals surface area (Å²) in [6.07, 6.45) is 2.83. The highest BCUT2D eigenvalue weighted by molar-refractivity contribution is 5.79. The Kier molecular flexibility index (Phi) is 7.06. The predicted molar refractivity (Wildman–Crippen MR) is 129 cm³/mol. The molecular weight excluding hydrogens is 412 g/mol. The zero-order valence-electron chi connectivity index (χ0n) is 18.6. The quantitative estimate of drug-likeness (QED) is 0.354. The van der Waals surface area contributed by atoms with E-state index in [-0.39, 0.29) is 12.3 Å². The van der Waals surface area contributed by atoms with Crippen LogP contribution in [0.15, 0.2) is 79.0 Å². The number of carboxylic acid groups (broad SMARTS) is 1. The van der Waals surface area contributed by atoms with Gasteiger partial charge in [-0.2, -0.15) is 5.10 Å². The second kappa shape index (κ2) is 10.5. The molecule has 0 spiro atoms. The number of fused-ring (bicyclic) bond motifs is 1. The summed E-state index contributed by atoms with van der Waals surface area (Å²) in [6.45, 7) is 2.99. The molecule has 0 aliphatic rings. The molecule has 4 aromatic rings. The van der Waals surface area contributed by atoms with Crippen molar-refractivity contribution in [3.8, 4) is 17.6 Å². The van der Waals surface area contributed by atoms with Crippen LogP contribution in [0.3, 0.4) is 0 Å². The summed E-state index contributed by atoms with van der Waals surface area (Å²) in [5.74, 6) is 5.33. The third-order valence-corrected chi connectivity index (χ3v) is 5.55. The summed E-state index contributed by atoms with van der Waals surface area (Å²) >= 11 is 0. The maximum Gasteiger partial charge on any atom is 0.304 e. The average Bonchev–Trinajstić information content (AvgIpc) is 3.24. The Bertz CT molecular complexity index is 1280. The molecule has 0 fully saturated rings. The Morgan fingerprint density at radius 1 is 1.06 bits per heavy atom. The monoisotopic (exact) mass is 438 g/mol. The van der Waals surface area contributed by atoms with Gasteiger partial charge in [-0.3, -0.25) is 9.48 Å². The van der Waals surface area contributed by atoms with Crippen LogP contribution >= 0.6 is 0 Å². The molecule has 0 unspecified atom stereocenters. The zero-order chi connectivity index (χ0) is 23.0. The van der Waals surface area contributed by atoms with Gasteiger partial charge in [0, 0.05) is 11.9 Å². The van der Waals surface area contributed by atoms with Crippen LogP contribution in [0.1, 0.15) is 36.0 Å². The van der Waals surface area contributed by atoms with Gasteiger partial charge in [-0.25, -0.2) is 0 Å². The van der Waals surface area contributed by atoms with Crippen molar-refractivity contribution in [1.82, 2.24) is 9.78 Å². The lowest BCUT2D eigenvalue weighted by molar-refractivity contribution is -0.137. The number of carbonyl (C=O) groups is 1. The fraction of sp³-hybridized carbons (Fsp3) is 0.214. The van der Waals surface area contributed by atoms with Gasteiger partial charge >= 0.3 is 5.97 Å². The van der Waals surface area contributed by atoms with Crippen LogP contribution in [0, 0.1) is 11.8 Å². The molecule has 5 heteroatoms. The van der Waals surface area contributed by atoms with E-state index in [2.05, 4.69) is 59.4 Å². The van der Waals surface area contributed by atoms with E-state index in [1.54, 1.807) is 6.92 Å². The maximum atomic E-state index is 11.1. The maximum absolute atomic E-state index is 11.1. The lowest BCUT2D eigenvalue weighted by atomic mass is 9.96. The van der Waals surface area contributed by atoms with Gasteiger partial charge in [0.15, 0.2) is 0 Å². The summed E-state index contributed by atoms with van der Waals surface area (Å²) in [5, 5.41) is 14.7. The highest BCUT2D eigenvalue weighted by Crippen LogP contribution is 2.23. The fourth-order valence-electron chi connectivity index (χ4n) is 3.85. The number of aromatic nitrogens is 2. The first-order valence-electron chi connectivity index (χ1n) is 11.0. The normalized spacial score (nSPS) is 11.5. The molecule has 1 N–H and O–H groups in total. The molecule has 3 aromatic carbocycles. The van der Waals surface area contributed by atoms with Crippen molar-refractivity contribution in [3.05, 3.63) is 95.7 Å². The van der Waals surface area contributed by atoms with E-state index in [1.807, 2.05) is 41.2 Å². The smallest absolute Gasteiger partial charge is 0.304 e. The predicted octanol–water partition coefficient (Wildman–Crippen LogP) is 5.44. The second-order valence-corrected chi connectivity index (χ2v) is 7.90. The summed E-state index contributed by atoms with van der Waals surface area (Å²) in [4.78, 5) is 11.1. The van der Waals surface area contributed by atoms with Crippen molar-refractivity contribution in [3.63, 3.8) is 0 Å². The Hall–Kier alpha value is -4.04. The first-order chi connectivity index (χ1) is 16.1. The van der Waals surface area contributed by atoms with Gasteiger partial charge in [-0.1, -0.05) is 54.5 Å². The number of ether oxygens (including phenoxy) is 1. The van der Waals surface area contributed by atoms with E-state index in [9.17, 15) is 4.79 Å². The minimum Gasteiger partial charge on any atom is -0.489 e. The van der Waals surface area contributed by atoms with Gasteiger partial charge < -0.3 is 9.84 Å². The topological polar surface area (TPSA) is 64.3 Å². The van der Waals surface area contributed by atoms with Crippen LogP contribution in [0.4, 0.5) is 0 Å². The molecule has 0 saturated heterocycles. The molecule has 0 bridgehead atoms. The number of carboxylic acids is 1. The Labute approximate surface area is 193 Å². The highest BCUT2D eigenvalue weighted by Gasteiger charge is 2.13. The molecule has 5 nitrogen and oxygen atoms in total. The van der Waals surface area contributed by atoms with Gasteiger partial charge in [0.25, 0.3) is 0 Å². The molecule has 1 heterocycles. The van der Waals surface area contributed by atoms with Gasteiger partial charge in [-0.05, 0) is 54.3 Å². The Morgan fingerprint density at radius 3 is 2.58 bits per heavy atom. The first-order valence-corrected chi connectivity index (χ1v) is 11.0. The van der Waals surface area contributed by atoms with Crippen molar-refractivity contribution in [2.24, 2.45) is 0 Å². The standard InChI is InChI=1S/C28H26N2O3/c1-2-6-24(18-28(31)32)23-10-12-26(13-11-23)33-20-22-9-14-27-25(17-22)19-29-30(27)16-15-21-7-4-3-5-8-21/h3-5,7-14,17,19,24H,15-16,18,20H2,1H3,(H,31,32)/t24-/m0/s1. The number of hydrogen-bond acceptors (Lipinski definition) is 3. The largest absolute Gasteiger partial charge is 0.489 e. The van der Waals surface area contributed by atoms with Crippen LogP contribution in [0.2, 0.25) is 0 Å². The molecule has 1 aromatic heterocycles. The Morgan fingerprint density at radius 2 is 1.85 bits per heavy atom. The van der Waals surface area contributed by atoms with Crippen molar-refractivity contribution in [2.45, 2.75) is 38.8 Å². The van der Waals surface area contributed by atoms with Crippen LogP contribution in [0.5, 0.6) is 5.75 Å². The number of benzene rings is 3. The number of aryl methyl sites for hydroxylation is 2. The van der Waals surface area contributed by atoms with Crippen molar-refractivity contribution >= 4 is 16.9 Å². The first kappa shape index (κ1) is 22.2. The lowest BCUT2D eigenvalue weighted by Crippen LogP contribution is -2.04. The summed E-state index contributed by atoms with van der Waals surface area (Å²) in [6, 6.07) is 24.2. The van der Waals surface area contributed by atoms with Gasteiger partial charge in [0.05, 0.1) is 24.1 Å². The molecule has 0 radical (unpaired) electrons. The molecule has 0 amide bonds. The number of nitrogens with zero attached hydrogens (tertiary/aromatic N) is 2. The van der Waals surface area contributed by atoms with Gasteiger partial charge in [-0.15, -0.1) is 5.92 Å². The third-order valence-electron chi connectivity index (χ3n) is 5.55. The second-order valence-electron chi connectivity index (χ2n) is 7.90. The summed E-state index contributed by atoms with van der Waals surface area (Å²) < 4.78 is 7.99. The summed E-state index contributed by atoms with van der Waals surface area (Å²) in [5.41, 5.74) is 4.35. The van der Waals surface area contributed by atoms with Crippen LogP contribution < -0.4 is 4.74 Å². The van der Waals surface area contributed by atoms with E-state index in [4.69, 9.17) is 9.84 Å². The lowest BCUT2D eigenvalue weighted by Gasteiger charge is -2.11. The third kappa shape index (κ3) is 5.81. The van der Waals surface area contributed by atoms with Crippen molar-refractivity contribution < 1.29 is 14.6 Å². The van der Waals surface area contributed by atoms with Gasteiger partial charge in [0.1, 0.15) is 12.4 Å². The zero-order valence-corrected chi connectivity index (χ0v) is 18.6. The summed E-state index contributed by atoms with van der Waals surface area (Å²) in [7, 11) is 0. The fourth-order valence-corrected chi connectivity index (χ4v) is 3.85. The number of hydrogen-bond donors (Lipinski definition) is 1. The van der Waals surface area contributed by atoms with Crippen LogP contribution in [0.25, 0.3) is 10.9 Å². The minimum absolute atomic E-state index is 0.0138. The number of aliphatic carboxylic acids is 1. The van der Waals surface area contributed by atoms with E-state index < -0.39 is 5.97 Å². The molecule has 166 valence electrons. The van der Waals surface area contributed by atoms with Crippen LogP contribution in [-0.4, -0.2) is 20.9 Å². The number of rotatable bonds is 9. The van der Waals surface area contributed by atoms with E-state index >= 15 is 0 Å². The molecule has 0 saturated carbocycles. The molecule has 1 atom stereocenters. The molecule has 33 heavy (non-hydrogen) atoms. The SMILES string of the molecule is CC#C[C@@H](CC(=O)O)c1ccc(OCc2ccc3c(cnn3CCc3ccccc3)c2)cc1. The Balaban J connectivity index is 1.38. The van der Waals surface area contributed by atoms with Gasteiger partial charge in [0.2, 0.25) is 0 Å². The molecule has 4 rings (SSSR count). The van der Waals surface area contributed by atoms with Crippen molar-refractivity contribution in [1.29, 1.82) is 0 Å². The van der Waals surface area contributed by atoms with Crippen LogP contribution in [-0.2, 0) is 24.4 Å². The molecule has 0 aliphatic heterocycles. The van der Waals surface area contributed by atoms with E-state index in [1.165, 1.54) is 5.56 Å². The highest BCUT2D eigenvalue weighted by atomic mass is 16.5. The minimum atomic E-state index is -0.859. The molecule has 0 aliphatic carbocycles. The van der Waals surface area contributed by atoms with Crippen molar-refractivity contribution in [2.75, 3.05) is 0 Å². The van der Waals surface area contributed by atoms with E-state index in [0.29, 0.717) is 6.61 Å².